The number of anilines is 2. The molecule has 0 atom stereocenters. The summed E-state index contributed by atoms with van der Waals surface area (Å²) >= 11 is 5.74. The summed E-state index contributed by atoms with van der Waals surface area (Å²) in [6.45, 7) is 4.61. The van der Waals surface area contributed by atoms with E-state index < -0.39 is 5.82 Å². The first-order valence-corrected chi connectivity index (χ1v) is 7.15. The van der Waals surface area contributed by atoms with Crippen molar-refractivity contribution < 1.29 is 4.39 Å². The van der Waals surface area contributed by atoms with Crippen LogP contribution in [0.4, 0.5) is 15.8 Å². The zero-order valence-corrected chi connectivity index (χ0v) is 12.6. The first kappa shape index (κ1) is 14.4. The molecule has 1 aromatic carbocycles. The Morgan fingerprint density at radius 3 is 2.47 bits per heavy atom. The fourth-order valence-corrected chi connectivity index (χ4v) is 3.00. The predicted molar refractivity (Wildman–Crippen MR) is 80.3 cm³/mol. The van der Waals surface area contributed by atoms with Crippen LogP contribution in [0.25, 0.3) is 0 Å². The van der Waals surface area contributed by atoms with Crippen LogP contribution < -0.4 is 10.6 Å². The van der Waals surface area contributed by atoms with Crippen LogP contribution in [0.15, 0.2) is 12.1 Å². The molecule has 2 rings (SSSR count). The molecule has 4 heteroatoms. The third-order valence-corrected chi connectivity index (χ3v) is 4.60. The molecule has 0 amide bonds. The van der Waals surface area contributed by atoms with Gasteiger partial charge in [-0.1, -0.05) is 25.4 Å². The number of nitrogens with two attached hydrogens (primary N) is 1. The molecule has 1 aliphatic carbocycles. The lowest BCUT2D eigenvalue weighted by atomic mass is 9.75. The number of nitrogen functional groups attached to an aromatic ring is 1. The summed E-state index contributed by atoms with van der Waals surface area (Å²) in [5.41, 5.74) is 7.67. The first-order chi connectivity index (χ1) is 8.80. The number of hydrogen-bond donors (Lipinski definition) is 1. The molecule has 2 nitrogen and oxygen atoms in total. The summed E-state index contributed by atoms with van der Waals surface area (Å²) in [6, 6.07) is 3.36. The highest BCUT2D eigenvalue weighted by molar-refractivity contribution is 6.31. The van der Waals surface area contributed by atoms with E-state index in [2.05, 4.69) is 18.7 Å². The Labute approximate surface area is 119 Å². The van der Waals surface area contributed by atoms with Gasteiger partial charge in [-0.2, -0.15) is 0 Å². The molecule has 0 spiro atoms. The second-order valence-corrected chi connectivity index (χ2v) is 6.74. The van der Waals surface area contributed by atoms with E-state index in [1.54, 1.807) is 0 Å². The van der Waals surface area contributed by atoms with Crippen molar-refractivity contribution in [2.24, 2.45) is 5.41 Å². The summed E-state index contributed by atoms with van der Waals surface area (Å²) in [5, 5.41) is 0.0828. The Morgan fingerprint density at radius 2 is 1.89 bits per heavy atom. The molecular formula is C15H22ClFN2. The second kappa shape index (κ2) is 5.20. The first-order valence-electron chi connectivity index (χ1n) is 6.77. The molecule has 1 aliphatic rings. The van der Waals surface area contributed by atoms with Gasteiger partial charge in [-0.25, -0.2) is 4.39 Å². The van der Waals surface area contributed by atoms with Crippen LogP contribution in [0, 0.1) is 11.2 Å². The third-order valence-electron chi connectivity index (χ3n) is 4.31. The highest BCUT2D eigenvalue weighted by Gasteiger charge is 2.29. The number of nitrogens with zero attached hydrogens (tertiary/aromatic N) is 1. The van der Waals surface area contributed by atoms with Crippen molar-refractivity contribution in [1.82, 2.24) is 0 Å². The van der Waals surface area contributed by atoms with Crippen LogP contribution in [0.2, 0.25) is 5.02 Å². The van der Waals surface area contributed by atoms with Crippen LogP contribution in [0.1, 0.15) is 39.5 Å². The average molecular weight is 285 g/mol. The summed E-state index contributed by atoms with van der Waals surface area (Å²) in [6.07, 6.45) is 4.62. The summed E-state index contributed by atoms with van der Waals surface area (Å²) < 4.78 is 13.6. The van der Waals surface area contributed by atoms with Gasteiger partial charge in [-0.05, 0) is 37.2 Å². The van der Waals surface area contributed by atoms with Crippen LogP contribution in [0.5, 0.6) is 0 Å². The summed E-state index contributed by atoms with van der Waals surface area (Å²) in [5.74, 6) is -0.408. The molecule has 0 aromatic heterocycles. The van der Waals surface area contributed by atoms with E-state index >= 15 is 0 Å². The molecule has 1 saturated carbocycles. The molecule has 0 radical (unpaired) electrons. The molecule has 2 N–H and O–H groups in total. The number of benzene rings is 1. The van der Waals surface area contributed by atoms with Crippen molar-refractivity contribution in [1.29, 1.82) is 0 Å². The fourth-order valence-electron chi connectivity index (χ4n) is 2.83. The molecule has 1 fully saturated rings. The van der Waals surface area contributed by atoms with Gasteiger partial charge in [0.05, 0.1) is 16.4 Å². The van der Waals surface area contributed by atoms with Crippen molar-refractivity contribution in [3.05, 3.63) is 23.0 Å². The average Bonchev–Trinajstić information content (AvgIpc) is 2.33. The van der Waals surface area contributed by atoms with Gasteiger partial charge in [-0.15, -0.1) is 0 Å². The van der Waals surface area contributed by atoms with Gasteiger partial charge in [0.15, 0.2) is 0 Å². The van der Waals surface area contributed by atoms with E-state index in [1.165, 1.54) is 25.0 Å². The van der Waals surface area contributed by atoms with Gasteiger partial charge in [-0.3, -0.25) is 0 Å². The Kier molecular flexibility index (Phi) is 3.95. The van der Waals surface area contributed by atoms with Gasteiger partial charge < -0.3 is 10.6 Å². The molecule has 0 heterocycles. The van der Waals surface area contributed by atoms with Crippen LogP contribution in [-0.2, 0) is 0 Å². The molecule has 106 valence electrons. The zero-order chi connectivity index (χ0) is 14.2. The lowest BCUT2D eigenvalue weighted by Gasteiger charge is -2.40. The molecule has 0 saturated heterocycles. The van der Waals surface area contributed by atoms with Crippen molar-refractivity contribution in [2.45, 2.75) is 45.6 Å². The maximum absolute atomic E-state index is 13.6. The third kappa shape index (κ3) is 3.14. The van der Waals surface area contributed by atoms with Crippen molar-refractivity contribution in [3.8, 4) is 0 Å². The minimum atomic E-state index is -0.408. The Hall–Kier alpha value is -0.960. The Balaban J connectivity index is 2.16. The van der Waals surface area contributed by atoms with Gasteiger partial charge in [0.2, 0.25) is 0 Å². The Bertz CT molecular complexity index is 463. The minimum Gasteiger partial charge on any atom is -0.397 e. The number of hydrogen-bond acceptors (Lipinski definition) is 2. The second-order valence-electron chi connectivity index (χ2n) is 6.33. The molecular weight excluding hydrogens is 263 g/mol. The van der Waals surface area contributed by atoms with Crippen molar-refractivity contribution in [3.63, 3.8) is 0 Å². The van der Waals surface area contributed by atoms with Gasteiger partial charge in [0.25, 0.3) is 0 Å². The predicted octanol–water partition coefficient (Wildman–Crippen LogP) is 4.47. The van der Waals surface area contributed by atoms with E-state index in [9.17, 15) is 4.39 Å². The van der Waals surface area contributed by atoms with E-state index in [1.807, 2.05) is 7.05 Å². The number of halogens is 2. The fraction of sp³-hybridized carbons (Fsp3) is 0.600. The highest BCUT2D eigenvalue weighted by atomic mass is 35.5. The normalized spacial score (nSPS) is 19.4. The van der Waals surface area contributed by atoms with E-state index in [0.717, 1.165) is 18.5 Å². The molecule has 0 aliphatic heterocycles. The summed E-state index contributed by atoms with van der Waals surface area (Å²) in [4.78, 5) is 2.10. The Morgan fingerprint density at radius 1 is 1.32 bits per heavy atom. The van der Waals surface area contributed by atoms with E-state index in [-0.39, 0.29) is 5.02 Å². The SMILES string of the molecule is CN(c1cc(F)c(Cl)cc1N)C1CCC(C)(C)CC1. The van der Waals surface area contributed by atoms with Crippen molar-refractivity contribution in [2.75, 3.05) is 17.7 Å². The van der Waals surface area contributed by atoms with Crippen LogP contribution in [-0.4, -0.2) is 13.1 Å². The minimum absolute atomic E-state index is 0.0828. The largest absolute Gasteiger partial charge is 0.397 e. The van der Waals surface area contributed by atoms with E-state index in [0.29, 0.717) is 17.1 Å². The lowest BCUT2D eigenvalue weighted by molar-refractivity contribution is 0.222. The highest BCUT2D eigenvalue weighted by Crippen LogP contribution is 2.39. The standard InChI is InChI=1S/C15H22ClFN2/c1-15(2)6-4-10(5-7-15)19(3)14-9-12(17)11(16)8-13(14)18/h8-10H,4-7,18H2,1-3H3. The molecule has 0 bridgehead atoms. The monoisotopic (exact) mass is 284 g/mol. The van der Waals surface area contributed by atoms with Crippen molar-refractivity contribution >= 4 is 23.0 Å². The zero-order valence-electron chi connectivity index (χ0n) is 11.8. The maximum atomic E-state index is 13.6. The quantitative estimate of drug-likeness (QED) is 0.812. The molecule has 19 heavy (non-hydrogen) atoms. The lowest BCUT2D eigenvalue weighted by Crippen LogP contribution is -2.37. The van der Waals surface area contributed by atoms with Gasteiger partial charge in [0.1, 0.15) is 5.82 Å². The topological polar surface area (TPSA) is 29.3 Å². The number of rotatable bonds is 2. The van der Waals surface area contributed by atoms with E-state index in [4.69, 9.17) is 17.3 Å². The molecule has 0 unspecified atom stereocenters. The van der Waals surface area contributed by atoms with Gasteiger partial charge >= 0.3 is 0 Å². The smallest absolute Gasteiger partial charge is 0.144 e. The summed E-state index contributed by atoms with van der Waals surface area (Å²) in [7, 11) is 1.99. The molecule has 1 aromatic rings. The van der Waals surface area contributed by atoms with Crippen LogP contribution >= 0.6 is 11.6 Å². The van der Waals surface area contributed by atoms with Crippen LogP contribution in [0.3, 0.4) is 0 Å². The van der Waals surface area contributed by atoms with Gasteiger partial charge in [0, 0.05) is 19.2 Å². The maximum Gasteiger partial charge on any atom is 0.144 e.